The van der Waals surface area contributed by atoms with Crippen molar-refractivity contribution in [3.05, 3.63) is 65.5 Å². The molecule has 2 aromatic carbocycles. The van der Waals surface area contributed by atoms with E-state index in [1.165, 1.54) is 42.6 Å². The Morgan fingerprint density at radius 3 is 2.54 bits per heavy atom. The minimum Gasteiger partial charge on any atom is -0.361 e. The van der Waals surface area contributed by atoms with Crippen molar-refractivity contribution in [2.45, 2.75) is 43.5 Å². The Morgan fingerprint density at radius 2 is 1.75 bits per heavy atom. The third-order valence-electron chi connectivity index (χ3n) is 4.81. The average molecular weight is 340 g/mol. The summed E-state index contributed by atoms with van der Waals surface area (Å²) in [7, 11) is 0. The predicted molar refractivity (Wildman–Crippen MR) is 100 cm³/mol. The first-order chi connectivity index (χ1) is 11.7. The molecule has 2 aromatic rings. The summed E-state index contributed by atoms with van der Waals surface area (Å²) >= 11 is 1.75. The minimum atomic E-state index is -0.186. The van der Waals surface area contributed by atoms with Gasteiger partial charge in [0.25, 0.3) is 0 Å². The van der Waals surface area contributed by atoms with Gasteiger partial charge in [0.05, 0.1) is 0 Å². The lowest BCUT2D eigenvalue weighted by Crippen LogP contribution is -2.42. The number of hydrogen-bond donors (Lipinski definition) is 1. The molecule has 0 aromatic heterocycles. The van der Waals surface area contributed by atoms with Crippen LogP contribution >= 0.6 is 11.8 Å². The van der Waals surface area contributed by atoms with Crippen LogP contribution in [0.25, 0.3) is 0 Å². The number of benzene rings is 2. The number of fused-ring (bicyclic) bond motifs is 1. The molecule has 1 saturated carbocycles. The molecule has 2 aliphatic rings. The van der Waals surface area contributed by atoms with Crippen molar-refractivity contribution >= 4 is 22.5 Å². The number of nitrogens with zero attached hydrogens (tertiary/aromatic N) is 1. The number of thioether (sulfide) groups is 1. The molecule has 4 heteroatoms. The van der Waals surface area contributed by atoms with E-state index in [1.807, 2.05) is 12.1 Å². The summed E-state index contributed by atoms with van der Waals surface area (Å²) in [4.78, 5) is 5.14. The van der Waals surface area contributed by atoms with Crippen molar-refractivity contribution < 1.29 is 4.39 Å². The zero-order chi connectivity index (χ0) is 16.4. The molecule has 4 rings (SSSR count). The number of aliphatic imine (C=N–C) groups is 1. The Bertz CT molecular complexity index is 748. The molecule has 1 fully saturated rings. The van der Waals surface area contributed by atoms with Crippen molar-refractivity contribution in [3.8, 4) is 0 Å². The van der Waals surface area contributed by atoms with Gasteiger partial charge >= 0.3 is 0 Å². The molecule has 0 saturated heterocycles. The van der Waals surface area contributed by atoms with E-state index in [0.29, 0.717) is 0 Å². The fraction of sp³-hybridized carbons (Fsp3) is 0.350. The van der Waals surface area contributed by atoms with Crippen molar-refractivity contribution in [2.75, 3.05) is 5.32 Å². The van der Waals surface area contributed by atoms with Gasteiger partial charge in [0, 0.05) is 17.0 Å². The van der Waals surface area contributed by atoms with Crippen molar-refractivity contribution in [1.82, 2.24) is 0 Å². The summed E-state index contributed by atoms with van der Waals surface area (Å²) in [5.74, 6) is 0.623. The lowest BCUT2D eigenvalue weighted by Gasteiger charge is -2.39. The molecule has 1 aliphatic heterocycles. The maximum atomic E-state index is 13.1. The molecule has 24 heavy (non-hydrogen) atoms. The van der Waals surface area contributed by atoms with Gasteiger partial charge in [0.1, 0.15) is 16.5 Å². The second-order valence-electron chi connectivity index (χ2n) is 6.59. The normalized spacial score (nSPS) is 18.6. The van der Waals surface area contributed by atoms with Crippen molar-refractivity contribution in [2.24, 2.45) is 4.99 Å². The van der Waals surface area contributed by atoms with Gasteiger partial charge in [-0.15, -0.1) is 11.8 Å². The lowest BCUT2D eigenvalue weighted by atomic mass is 9.88. The lowest BCUT2D eigenvalue weighted by molar-refractivity contribution is 0.335. The molecule has 0 amide bonds. The fourth-order valence-corrected chi connectivity index (χ4v) is 4.60. The van der Waals surface area contributed by atoms with E-state index in [4.69, 9.17) is 4.99 Å². The highest BCUT2D eigenvalue weighted by molar-refractivity contribution is 8.13. The zero-order valence-electron chi connectivity index (χ0n) is 13.6. The first-order valence-corrected chi connectivity index (χ1v) is 9.57. The van der Waals surface area contributed by atoms with E-state index in [-0.39, 0.29) is 11.5 Å². The van der Waals surface area contributed by atoms with Crippen LogP contribution in [0.5, 0.6) is 0 Å². The van der Waals surface area contributed by atoms with Gasteiger partial charge in [-0.2, -0.15) is 0 Å². The van der Waals surface area contributed by atoms with Gasteiger partial charge in [-0.05, 0) is 49.4 Å². The molecule has 0 atom stereocenters. The molecular weight excluding hydrogens is 319 g/mol. The predicted octanol–water partition coefficient (Wildman–Crippen LogP) is 5.59. The van der Waals surface area contributed by atoms with E-state index in [2.05, 4.69) is 29.6 Å². The van der Waals surface area contributed by atoms with Crippen LogP contribution in [0.1, 0.15) is 43.2 Å². The Labute approximate surface area is 146 Å². The minimum absolute atomic E-state index is 0.127. The number of rotatable bonds is 2. The molecule has 0 unspecified atom stereocenters. The Kier molecular flexibility index (Phi) is 4.31. The smallest absolute Gasteiger partial charge is 0.130 e. The van der Waals surface area contributed by atoms with Crippen molar-refractivity contribution in [3.63, 3.8) is 0 Å². The summed E-state index contributed by atoms with van der Waals surface area (Å²) in [5, 5.41) is 4.80. The van der Waals surface area contributed by atoms with Crippen LogP contribution < -0.4 is 5.32 Å². The van der Waals surface area contributed by atoms with Crippen LogP contribution in [0.3, 0.4) is 0 Å². The molecule has 0 bridgehead atoms. The van der Waals surface area contributed by atoms with Gasteiger partial charge in [0.2, 0.25) is 0 Å². The summed E-state index contributed by atoms with van der Waals surface area (Å²) in [6.45, 7) is 0. The van der Waals surface area contributed by atoms with Gasteiger partial charge in [-0.25, -0.2) is 9.38 Å². The summed E-state index contributed by atoms with van der Waals surface area (Å²) < 4.78 is 13.1. The molecule has 124 valence electrons. The largest absolute Gasteiger partial charge is 0.361 e. The van der Waals surface area contributed by atoms with Crippen LogP contribution in [-0.2, 0) is 5.75 Å². The Balaban J connectivity index is 1.61. The SMILES string of the molecule is Fc1ccc(CSC2=NC3(CCCCC3)Nc3ccccc32)cc1. The Morgan fingerprint density at radius 1 is 1.00 bits per heavy atom. The third-order valence-corrected chi connectivity index (χ3v) is 5.87. The van der Waals surface area contributed by atoms with E-state index >= 15 is 0 Å². The van der Waals surface area contributed by atoms with E-state index in [1.54, 1.807) is 11.8 Å². The van der Waals surface area contributed by atoms with Crippen LogP contribution in [-0.4, -0.2) is 10.7 Å². The quantitative estimate of drug-likeness (QED) is 0.770. The molecule has 1 spiro atoms. The average Bonchev–Trinajstić information content (AvgIpc) is 2.61. The summed E-state index contributed by atoms with van der Waals surface area (Å²) in [6.07, 6.45) is 5.96. The number of anilines is 1. The Hall–Kier alpha value is -1.81. The maximum absolute atomic E-state index is 13.1. The molecule has 1 N–H and O–H groups in total. The number of para-hydroxylation sites is 1. The first kappa shape index (κ1) is 15.7. The third kappa shape index (κ3) is 3.20. The monoisotopic (exact) mass is 340 g/mol. The number of hydrogen-bond acceptors (Lipinski definition) is 3. The fourth-order valence-electron chi connectivity index (χ4n) is 3.53. The standard InChI is InChI=1S/C20H21FN2S/c21-16-10-8-15(9-11-16)14-24-19-17-6-2-3-7-18(17)22-20(23-19)12-4-1-5-13-20/h2-3,6-11,22H,1,4-5,12-14H2. The molecule has 1 heterocycles. The van der Waals surface area contributed by atoms with Gasteiger partial charge in [0.15, 0.2) is 0 Å². The van der Waals surface area contributed by atoms with E-state index in [9.17, 15) is 4.39 Å². The highest BCUT2D eigenvalue weighted by Gasteiger charge is 2.35. The highest BCUT2D eigenvalue weighted by Crippen LogP contribution is 2.40. The molecule has 2 nitrogen and oxygen atoms in total. The van der Waals surface area contributed by atoms with E-state index in [0.717, 1.165) is 29.2 Å². The second-order valence-corrected chi connectivity index (χ2v) is 7.56. The molecular formula is C20H21FN2S. The number of nitrogens with one attached hydrogen (secondary N) is 1. The summed E-state index contributed by atoms with van der Waals surface area (Å²) in [5.41, 5.74) is 3.37. The first-order valence-electron chi connectivity index (χ1n) is 8.59. The zero-order valence-corrected chi connectivity index (χ0v) is 14.4. The second kappa shape index (κ2) is 6.60. The molecule has 0 radical (unpaired) electrons. The molecule has 1 aliphatic carbocycles. The number of halogens is 1. The van der Waals surface area contributed by atoms with Crippen LogP contribution in [0.15, 0.2) is 53.5 Å². The van der Waals surface area contributed by atoms with E-state index < -0.39 is 0 Å². The summed E-state index contributed by atoms with van der Waals surface area (Å²) in [6, 6.07) is 15.2. The van der Waals surface area contributed by atoms with Crippen LogP contribution in [0, 0.1) is 5.82 Å². The topological polar surface area (TPSA) is 24.4 Å². The van der Waals surface area contributed by atoms with Crippen molar-refractivity contribution in [1.29, 1.82) is 0 Å². The highest BCUT2D eigenvalue weighted by atomic mass is 32.2. The van der Waals surface area contributed by atoms with Crippen LogP contribution in [0.4, 0.5) is 10.1 Å². The van der Waals surface area contributed by atoms with Gasteiger partial charge < -0.3 is 5.32 Å². The van der Waals surface area contributed by atoms with Crippen LogP contribution in [0.2, 0.25) is 0 Å². The van der Waals surface area contributed by atoms with Gasteiger partial charge in [-0.1, -0.05) is 36.8 Å². The maximum Gasteiger partial charge on any atom is 0.130 e. The van der Waals surface area contributed by atoms with Gasteiger partial charge in [-0.3, -0.25) is 0 Å².